The van der Waals surface area contributed by atoms with Crippen molar-refractivity contribution in [2.24, 2.45) is 0 Å². The van der Waals surface area contributed by atoms with E-state index in [1.54, 1.807) is 0 Å². The fraction of sp³-hybridized carbons (Fsp3) is 0.857. The van der Waals surface area contributed by atoms with E-state index >= 15 is 0 Å². The molecule has 0 aromatic heterocycles. The van der Waals surface area contributed by atoms with Gasteiger partial charge in [0.05, 0.1) is 21.1 Å². The molecule has 5 nitrogen and oxygen atoms in total. The first kappa shape index (κ1) is 45.4. The number of likely N-dealkylation sites (N-methyl/N-ethyl adjacent to an activating group) is 1. The molecule has 47 heavy (non-hydrogen) atoms. The largest absolute Gasteiger partial charge is 0.419 e. The van der Waals surface area contributed by atoms with Gasteiger partial charge < -0.3 is 14.0 Å². The van der Waals surface area contributed by atoms with Crippen LogP contribution in [0.15, 0.2) is 24.3 Å². The zero-order chi connectivity index (χ0) is 34.9. The first-order valence-corrected chi connectivity index (χ1v) is 20.2. The van der Waals surface area contributed by atoms with E-state index in [4.69, 9.17) is 9.47 Å². The molecule has 0 spiro atoms. The van der Waals surface area contributed by atoms with Gasteiger partial charge in [-0.2, -0.15) is 0 Å². The molecule has 0 rings (SSSR count). The van der Waals surface area contributed by atoms with Crippen molar-refractivity contribution < 1.29 is 23.5 Å². The molecular weight excluding hydrogens is 582 g/mol. The molecule has 5 heteroatoms. The van der Waals surface area contributed by atoms with Gasteiger partial charge in [-0.3, -0.25) is 9.59 Å². The number of nitrogens with zero attached hydrogens (tertiary/aromatic N) is 1. The third-order valence-electron chi connectivity index (χ3n) is 9.40. The second kappa shape index (κ2) is 32.9. The second-order valence-corrected chi connectivity index (χ2v) is 14.9. The molecule has 0 radical (unpaired) electrons. The lowest BCUT2D eigenvalue weighted by Gasteiger charge is -2.35. The highest BCUT2D eigenvalue weighted by atomic mass is 16.7. The zero-order valence-electron chi connectivity index (χ0n) is 32.3. The lowest BCUT2D eigenvalue weighted by molar-refractivity contribution is -0.900. The smallest absolute Gasteiger partial charge is 0.309 e. The average molecular weight is 663 g/mol. The number of unbranched alkanes of at least 4 members (excludes halogenated alkanes) is 22. The molecule has 0 aromatic carbocycles. The molecule has 0 saturated carbocycles. The van der Waals surface area contributed by atoms with Gasteiger partial charge in [-0.05, 0) is 71.1 Å². The van der Waals surface area contributed by atoms with E-state index in [-0.39, 0.29) is 18.0 Å². The highest BCUT2D eigenvalue weighted by Crippen LogP contribution is 2.17. The Morgan fingerprint density at radius 2 is 0.745 bits per heavy atom. The van der Waals surface area contributed by atoms with E-state index in [9.17, 15) is 9.59 Å². The fourth-order valence-electron chi connectivity index (χ4n) is 5.64. The molecule has 0 bridgehead atoms. The minimum absolute atomic E-state index is 0.147. The number of hydrogen-bond acceptors (Lipinski definition) is 4. The van der Waals surface area contributed by atoms with Crippen LogP contribution in [0.25, 0.3) is 0 Å². The van der Waals surface area contributed by atoms with E-state index in [0.717, 1.165) is 51.4 Å². The highest BCUT2D eigenvalue weighted by Gasteiger charge is 2.34. The first-order chi connectivity index (χ1) is 22.7. The molecule has 1 unspecified atom stereocenters. The first-order valence-electron chi connectivity index (χ1n) is 20.2. The van der Waals surface area contributed by atoms with Crippen LogP contribution in [0.3, 0.4) is 0 Å². The van der Waals surface area contributed by atoms with Crippen molar-refractivity contribution >= 4 is 11.9 Å². The summed E-state index contributed by atoms with van der Waals surface area (Å²) in [6.07, 6.45) is 41.2. The summed E-state index contributed by atoms with van der Waals surface area (Å²) in [5, 5.41) is 0. The fourth-order valence-corrected chi connectivity index (χ4v) is 5.64. The monoisotopic (exact) mass is 663 g/mol. The molecule has 0 aliphatic rings. The Labute approximate surface area is 293 Å². The number of quaternary nitrogens is 1. The van der Waals surface area contributed by atoms with E-state index in [1.165, 1.54) is 116 Å². The maximum Gasteiger partial charge on any atom is 0.309 e. The van der Waals surface area contributed by atoms with Crippen molar-refractivity contribution in [1.82, 2.24) is 0 Å². The van der Waals surface area contributed by atoms with E-state index < -0.39 is 6.29 Å². The Hall–Kier alpha value is -1.62. The van der Waals surface area contributed by atoms with E-state index in [1.807, 2.05) is 28.1 Å². The van der Waals surface area contributed by atoms with Crippen molar-refractivity contribution in [3.8, 4) is 0 Å². The number of carbonyl (C=O) groups excluding carboxylic acids is 2. The zero-order valence-corrected chi connectivity index (χ0v) is 32.3. The van der Waals surface area contributed by atoms with Crippen LogP contribution in [0, 0.1) is 0 Å². The maximum absolute atomic E-state index is 12.7. The quantitative estimate of drug-likeness (QED) is 0.0226. The van der Waals surface area contributed by atoms with Gasteiger partial charge in [0.1, 0.15) is 0 Å². The van der Waals surface area contributed by atoms with Gasteiger partial charge in [0.15, 0.2) is 6.04 Å². The molecule has 0 aliphatic carbocycles. The van der Waals surface area contributed by atoms with E-state index in [2.05, 4.69) is 38.2 Å². The summed E-state index contributed by atoms with van der Waals surface area (Å²) >= 11 is 0. The molecular formula is C42H80NO4+. The van der Waals surface area contributed by atoms with Crippen LogP contribution in [0.2, 0.25) is 0 Å². The van der Waals surface area contributed by atoms with Crippen molar-refractivity contribution in [1.29, 1.82) is 0 Å². The van der Waals surface area contributed by atoms with Gasteiger partial charge in [0.25, 0.3) is 6.29 Å². The second-order valence-electron chi connectivity index (χ2n) is 14.9. The van der Waals surface area contributed by atoms with E-state index in [0.29, 0.717) is 17.3 Å². The van der Waals surface area contributed by atoms with Crippen molar-refractivity contribution in [3.63, 3.8) is 0 Å². The molecule has 1 atom stereocenters. The van der Waals surface area contributed by atoms with Crippen molar-refractivity contribution in [2.75, 3.05) is 21.1 Å². The lowest BCUT2D eigenvalue weighted by atomic mass is 10.1. The van der Waals surface area contributed by atoms with Gasteiger partial charge in [0, 0.05) is 12.8 Å². The van der Waals surface area contributed by atoms with Crippen molar-refractivity contribution in [3.05, 3.63) is 24.3 Å². The predicted molar refractivity (Wildman–Crippen MR) is 202 cm³/mol. The Balaban J connectivity index is 4.04. The molecule has 276 valence electrons. The predicted octanol–water partition coefficient (Wildman–Crippen LogP) is 12.6. The molecule has 0 heterocycles. The van der Waals surface area contributed by atoms with Crippen LogP contribution >= 0.6 is 0 Å². The number of allylic oxidation sites excluding steroid dienone is 4. The summed E-state index contributed by atoms with van der Waals surface area (Å²) in [5.74, 6) is -0.525. The Bertz CT molecular complexity index is 715. The van der Waals surface area contributed by atoms with Crippen LogP contribution in [0.4, 0.5) is 0 Å². The molecule has 0 N–H and O–H groups in total. The summed E-state index contributed by atoms with van der Waals surface area (Å²) in [7, 11) is 6.10. The molecule has 0 aliphatic heterocycles. The van der Waals surface area contributed by atoms with Crippen LogP contribution in [-0.2, 0) is 19.1 Å². The Kier molecular flexibility index (Phi) is 31.8. The molecule has 0 fully saturated rings. The molecule has 0 aromatic rings. The Morgan fingerprint density at radius 1 is 0.468 bits per heavy atom. The van der Waals surface area contributed by atoms with Gasteiger partial charge in [-0.25, -0.2) is 0 Å². The number of carbonyl (C=O) groups is 2. The number of rotatable bonds is 34. The summed E-state index contributed by atoms with van der Waals surface area (Å²) in [4.78, 5) is 25.3. The number of hydrogen-bond donors (Lipinski definition) is 0. The minimum Gasteiger partial charge on any atom is -0.419 e. The third kappa shape index (κ3) is 31.4. The maximum atomic E-state index is 12.7. The standard InChI is InChI=1S/C42H80NO4/c1-7-9-11-13-15-17-19-21-23-25-27-29-31-33-35-37-40(44)46-42(39(3)43(4,5)6)47-41(45)38-36-34-32-30-28-26-24-22-20-18-16-14-12-10-8-2/h21-24,39,42H,7-20,25-38H2,1-6H3/q+1/b23-21-,24-22-. The minimum atomic E-state index is -0.846. The van der Waals surface area contributed by atoms with Crippen LogP contribution in [0.1, 0.15) is 201 Å². The highest BCUT2D eigenvalue weighted by molar-refractivity contribution is 5.71. The van der Waals surface area contributed by atoms with Crippen LogP contribution in [-0.4, -0.2) is 49.9 Å². The van der Waals surface area contributed by atoms with Crippen LogP contribution < -0.4 is 0 Å². The topological polar surface area (TPSA) is 52.6 Å². The van der Waals surface area contributed by atoms with Gasteiger partial charge in [0.2, 0.25) is 0 Å². The molecule has 0 saturated heterocycles. The number of ether oxygens (including phenoxy) is 2. The third-order valence-corrected chi connectivity index (χ3v) is 9.40. The molecule has 0 amide bonds. The summed E-state index contributed by atoms with van der Waals surface area (Å²) in [6, 6.07) is -0.147. The normalized spacial score (nSPS) is 12.8. The Morgan fingerprint density at radius 3 is 1.04 bits per heavy atom. The van der Waals surface area contributed by atoms with Crippen LogP contribution in [0.5, 0.6) is 0 Å². The SMILES string of the molecule is CCCCCCCC/C=C\CCCCCCCC(=O)OC(OC(=O)CCCCCCC/C=C\CCCCCCCC)C(C)[N+](C)(C)C. The lowest BCUT2D eigenvalue weighted by Crippen LogP contribution is -2.52. The summed E-state index contributed by atoms with van der Waals surface area (Å²) in [6.45, 7) is 6.51. The van der Waals surface area contributed by atoms with Gasteiger partial charge >= 0.3 is 11.9 Å². The summed E-state index contributed by atoms with van der Waals surface area (Å²) in [5.41, 5.74) is 0. The summed E-state index contributed by atoms with van der Waals surface area (Å²) < 4.78 is 12.0. The van der Waals surface area contributed by atoms with Gasteiger partial charge in [-0.15, -0.1) is 0 Å². The average Bonchev–Trinajstić information content (AvgIpc) is 3.03. The number of esters is 2. The van der Waals surface area contributed by atoms with Gasteiger partial charge in [-0.1, -0.05) is 141 Å². The van der Waals surface area contributed by atoms with Crippen molar-refractivity contribution in [2.45, 2.75) is 213 Å².